The summed E-state index contributed by atoms with van der Waals surface area (Å²) in [5.74, 6) is 0.303. The van der Waals surface area contributed by atoms with E-state index in [1.165, 1.54) is 22.5 Å². The van der Waals surface area contributed by atoms with Crippen molar-refractivity contribution in [2.24, 2.45) is 0 Å². The van der Waals surface area contributed by atoms with Gasteiger partial charge in [-0.3, -0.25) is 10.1 Å². The van der Waals surface area contributed by atoms with Crippen LogP contribution < -0.4 is 5.32 Å². The first-order valence-corrected chi connectivity index (χ1v) is 10.4. The van der Waals surface area contributed by atoms with Crippen LogP contribution in [0.4, 0.5) is 5.13 Å². The molecule has 144 valence electrons. The van der Waals surface area contributed by atoms with E-state index in [1.807, 2.05) is 54.6 Å². The average molecular weight is 394 g/mol. The van der Waals surface area contributed by atoms with Gasteiger partial charge in [0.05, 0.1) is 6.10 Å². The maximum Gasteiger partial charge on any atom is 0.257 e. The van der Waals surface area contributed by atoms with Crippen LogP contribution in [-0.4, -0.2) is 27.3 Å². The van der Waals surface area contributed by atoms with E-state index in [9.17, 15) is 9.90 Å². The van der Waals surface area contributed by atoms with Gasteiger partial charge >= 0.3 is 0 Å². The minimum absolute atomic E-state index is 0.153. The Morgan fingerprint density at radius 3 is 2.43 bits per heavy atom. The van der Waals surface area contributed by atoms with Crippen molar-refractivity contribution in [1.29, 1.82) is 0 Å². The summed E-state index contributed by atoms with van der Waals surface area (Å²) in [6.07, 6.45) is 4.27. The molecule has 1 aliphatic carbocycles. The quantitative estimate of drug-likeness (QED) is 0.674. The molecule has 1 saturated carbocycles. The van der Waals surface area contributed by atoms with Gasteiger partial charge in [0.15, 0.2) is 0 Å². The highest BCUT2D eigenvalue weighted by molar-refractivity contribution is 7.15. The van der Waals surface area contributed by atoms with Crippen molar-refractivity contribution in [2.75, 3.05) is 5.32 Å². The molecule has 28 heavy (non-hydrogen) atoms. The number of rotatable bonds is 5. The summed E-state index contributed by atoms with van der Waals surface area (Å²) in [6.45, 7) is 0. The summed E-state index contributed by atoms with van der Waals surface area (Å²) in [5.41, 5.74) is 3.02. The zero-order chi connectivity index (χ0) is 19.3. The molecule has 0 radical (unpaired) electrons. The third-order valence-corrected chi connectivity index (χ3v) is 6.07. The van der Waals surface area contributed by atoms with E-state index in [2.05, 4.69) is 15.5 Å². The number of carbonyl (C=O) groups excluding carboxylic acids is 1. The molecule has 0 saturated heterocycles. The molecule has 4 rings (SSSR count). The second kappa shape index (κ2) is 8.63. The average Bonchev–Trinajstić information content (AvgIpc) is 3.16. The Labute approximate surface area is 168 Å². The number of aliphatic hydroxyl groups is 1. The summed E-state index contributed by atoms with van der Waals surface area (Å²) >= 11 is 1.40. The number of nitrogens with one attached hydrogen (secondary N) is 1. The van der Waals surface area contributed by atoms with Gasteiger partial charge in [-0.05, 0) is 54.9 Å². The molecular formula is C22H23N3O2S. The predicted molar refractivity (Wildman–Crippen MR) is 111 cm³/mol. The van der Waals surface area contributed by atoms with E-state index in [1.54, 1.807) is 0 Å². The number of anilines is 1. The molecule has 1 fully saturated rings. The minimum atomic E-state index is -0.173. The lowest BCUT2D eigenvalue weighted by molar-refractivity contribution is 0.102. The molecule has 3 aromatic rings. The first kappa shape index (κ1) is 18.8. The standard InChI is InChI=1S/C22H23N3O2S/c26-19-12-10-17(11-13-19)16-6-8-18(9-7-16)21(27)23-22-25-24-20(28-22)14-15-4-2-1-3-5-15/h1-9,17,19,26H,10-14H2,(H,23,25,27). The lowest BCUT2D eigenvalue weighted by Gasteiger charge is -2.25. The number of nitrogens with zero attached hydrogens (tertiary/aromatic N) is 2. The molecular weight excluding hydrogens is 370 g/mol. The molecule has 0 spiro atoms. The molecule has 5 nitrogen and oxygen atoms in total. The summed E-state index contributed by atoms with van der Waals surface area (Å²) < 4.78 is 0. The lowest BCUT2D eigenvalue weighted by atomic mass is 9.82. The first-order chi connectivity index (χ1) is 13.7. The van der Waals surface area contributed by atoms with Gasteiger partial charge in [0.2, 0.25) is 5.13 Å². The predicted octanol–water partition coefficient (Wildman–Crippen LogP) is 4.40. The molecule has 2 aromatic carbocycles. The smallest absolute Gasteiger partial charge is 0.257 e. The van der Waals surface area contributed by atoms with Crippen LogP contribution in [-0.2, 0) is 6.42 Å². The molecule has 1 amide bonds. The van der Waals surface area contributed by atoms with Gasteiger partial charge in [0.1, 0.15) is 5.01 Å². The zero-order valence-electron chi connectivity index (χ0n) is 15.5. The summed E-state index contributed by atoms with van der Waals surface area (Å²) in [7, 11) is 0. The van der Waals surface area contributed by atoms with Crippen LogP contribution in [0.5, 0.6) is 0 Å². The number of amides is 1. The maximum atomic E-state index is 12.5. The number of benzene rings is 2. The van der Waals surface area contributed by atoms with Crippen LogP contribution in [0.3, 0.4) is 0 Å². The van der Waals surface area contributed by atoms with Crippen molar-refractivity contribution in [2.45, 2.75) is 44.1 Å². The molecule has 0 bridgehead atoms. The van der Waals surface area contributed by atoms with Crippen LogP contribution in [0.25, 0.3) is 0 Å². The molecule has 1 heterocycles. The van der Waals surface area contributed by atoms with Crippen LogP contribution in [0.2, 0.25) is 0 Å². The topological polar surface area (TPSA) is 75.1 Å². The van der Waals surface area contributed by atoms with Gasteiger partial charge in [-0.1, -0.05) is 53.8 Å². The second-order valence-corrected chi connectivity index (χ2v) is 8.31. The Kier molecular flexibility index (Phi) is 5.78. The Bertz CT molecular complexity index is 916. The Morgan fingerprint density at radius 1 is 1.00 bits per heavy atom. The molecule has 1 aliphatic rings. The monoisotopic (exact) mass is 393 g/mol. The number of carbonyl (C=O) groups is 1. The Hall–Kier alpha value is -2.57. The van der Waals surface area contributed by atoms with Crippen LogP contribution in [0.1, 0.15) is 58.1 Å². The molecule has 0 unspecified atom stereocenters. The number of hydrogen-bond donors (Lipinski definition) is 2. The zero-order valence-corrected chi connectivity index (χ0v) is 16.4. The van der Waals surface area contributed by atoms with Gasteiger partial charge in [-0.2, -0.15) is 0 Å². The largest absolute Gasteiger partial charge is 0.393 e. The van der Waals surface area contributed by atoms with Crippen molar-refractivity contribution in [3.63, 3.8) is 0 Å². The molecule has 0 atom stereocenters. The van der Waals surface area contributed by atoms with Crippen molar-refractivity contribution >= 4 is 22.4 Å². The fourth-order valence-corrected chi connectivity index (χ4v) is 4.40. The van der Waals surface area contributed by atoms with E-state index in [0.717, 1.165) is 30.7 Å². The third kappa shape index (κ3) is 4.64. The van der Waals surface area contributed by atoms with E-state index in [-0.39, 0.29) is 12.0 Å². The van der Waals surface area contributed by atoms with Gasteiger partial charge in [-0.25, -0.2) is 0 Å². The summed E-state index contributed by atoms with van der Waals surface area (Å²) in [5, 5.41) is 22.1. The Morgan fingerprint density at radius 2 is 1.71 bits per heavy atom. The van der Waals surface area contributed by atoms with Crippen molar-refractivity contribution in [1.82, 2.24) is 10.2 Å². The minimum Gasteiger partial charge on any atom is -0.393 e. The van der Waals surface area contributed by atoms with E-state index < -0.39 is 0 Å². The number of aliphatic hydroxyl groups excluding tert-OH is 1. The first-order valence-electron chi connectivity index (χ1n) is 9.63. The number of aromatic nitrogens is 2. The summed E-state index contributed by atoms with van der Waals surface area (Å²) in [6, 6.07) is 17.9. The fourth-order valence-electron chi connectivity index (χ4n) is 3.63. The third-order valence-electron chi connectivity index (χ3n) is 5.23. The van der Waals surface area contributed by atoms with Crippen molar-refractivity contribution < 1.29 is 9.90 Å². The highest BCUT2D eigenvalue weighted by Gasteiger charge is 2.21. The molecule has 2 N–H and O–H groups in total. The molecule has 0 aliphatic heterocycles. The lowest BCUT2D eigenvalue weighted by Crippen LogP contribution is -2.17. The highest BCUT2D eigenvalue weighted by atomic mass is 32.1. The normalized spacial score (nSPS) is 19.3. The molecule has 6 heteroatoms. The maximum absolute atomic E-state index is 12.5. The van der Waals surface area contributed by atoms with Crippen LogP contribution in [0, 0.1) is 0 Å². The van der Waals surface area contributed by atoms with Crippen molar-refractivity contribution in [3.05, 3.63) is 76.3 Å². The van der Waals surface area contributed by atoms with E-state index in [4.69, 9.17) is 0 Å². The molecule has 1 aromatic heterocycles. The summed E-state index contributed by atoms with van der Waals surface area (Å²) in [4.78, 5) is 12.5. The highest BCUT2D eigenvalue weighted by Crippen LogP contribution is 2.33. The van der Waals surface area contributed by atoms with Gasteiger partial charge in [-0.15, -0.1) is 10.2 Å². The van der Waals surface area contributed by atoms with Gasteiger partial charge in [0, 0.05) is 12.0 Å². The van der Waals surface area contributed by atoms with Gasteiger partial charge in [0.25, 0.3) is 5.91 Å². The Balaban J connectivity index is 1.36. The van der Waals surface area contributed by atoms with Gasteiger partial charge < -0.3 is 5.11 Å². The van der Waals surface area contributed by atoms with E-state index in [0.29, 0.717) is 23.0 Å². The fraction of sp³-hybridized carbons (Fsp3) is 0.318. The number of hydrogen-bond acceptors (Lipinski definition) is 5. The van der Waals surface area contributed by atoms with Crippen molar-refractivity contribution in [3.8, 4) is 0 Å². The van der Waals surface area contributed by atoms with E-state index >= 15 is 0 Å². The second-order valence-electron chi connectivity index (χ2n) is 7.24. The SMILES string of the molecule is O=C(Nc1nnc(Cc2ccccc2)s1)c1ccc(C2CCC(O)CC2)cc1. The van der Waals surface area contributed by atoms with Crippen LogP contribution >= 0.6 is 11.3 Å². The van der Waals surface area contributed by atoms with Crippen LogP contribution in [0.15, 0.2) is 54.6 Å².